The number of hydrogen-bond acceptors (Lipinski definition) is 6. The highest BCUT2D eigenvalue weighted by Gasteiger charge is 2.37. The van der Waals surface area contributed by atoms with Crippen LogP contribution in [0.3, 0.4) is 0 Å². The molecule has 0 aliphatic carbocycles. The smallest absolute Gasteiger partial charge is 0.416 e. The summed E-state index contributed by atoms with van der Waals surface area (Å²) in [6.45, 7) is -0.151. The van der Waals surface area contributed by atoms with Crippen LogP contribution in [0.4, 0.5) is 32.2 Å². The largest absolute Gasteiger partial charge is 0.425 e. The summed E-state index contributed by atoms with van der Waals surface area (Å²) in [6, 6.07) is 6.71. The van der Waals surface area contributed by atoms with Crippen molar-refractivity contribution in [3.05, 3.63) is 69.9 Å². The number of hydrogen-bond donors (Lipinski definition) is 3. The maximum atomic E-state index is 13.4. The van der Waals surface area contributed by atoms with Gasteiger partial charge in [-0.15, -0.1) is 0 Å². The first-order valence-corrected chi connectivity index (χ1v) is 11.7. The fourth-order valence-electron chi connectivity index (χ4n) is 3.41. The van der Waals surface area contributed by atoms with E-state index >= 15 is 0 Å². The zero-order chi connectivity index (χ0) is 28.8. The number of amides is 1. The molecule has 1 aromatic heterocycles. The second-order valence-corrected chi connectivity index (χ2v) is 8.43. The van der Waals surface area contributed by atoms with Crippen LogP contribution in [0.5, 0.6) is 11.8 Å². The van der Waals surface area contributed by atoms with E-state index in [9.17, 15) is 31.1 Å². The van der Waals surface area contributed by atoms with E-state index in [2.05, 4.69) is 15.6 Å². The maximum Gasteiger partial charge on any atom is 0.416 e. The van der Waals surface area contributed by atoms with Crippen molar-refractivity contribution in [1.82, 2.24) is 14.9 Å². The molecule has 2 aromatic carbocycles. The van der Waals surface area contributed by atoms with Crippen LogP contribution in [0.15, 0.2) is 42.5 Å². The Balaban J connectivity index is 2.06. The fourth-order valence-corrected chi connectivity index (χ4v) is 3.54. The highest BCUT2D eigenvalue weighted by molar-refractivity contribution is 6.30. The fraction of sp³-hybridized carbons (Fsp3) is 0.333. The molecule has 1 amide bonds. The van der Waals surface area contributed by atoms with Gasteiger partial charge in [-0.3, -0.25) is 9.36 Å². The number of aliphatic hydroxyl groups excluding tert-OH is 1. The van der Waals surface area contributed by atoms with Gasteiger partial charge in [0.2, 0.25) is 0 Å². The number of imidazole rings is 1. The van der Waals surface area contributed by atoms with Crippen LogP contribution in [0.1, 0.15) is 27.2 Å². The Morgan fingerprint density at radius 3 is 2.18 bits per heavy atom. The van der Waals surface area contributed by atoms with Crippen molar-refractivity contribution in [3.63, 3.8) is 0 Å². The molecule has 3 rings (SSSR count). The van der Waals surface area contributed by atoms with E-state index in [-0.39, 0.29) is 50.5 Å². The minimum atomic E-state index is -5.09. The van der Waals surface area contributed by atoms with Crippen LogP contribution in [-0.2, 0) is 23.6 Å². The lowest BCUT2D eigenvalue weighted by Crippen LogP contribution is -2.30. The molecule has 0 bridgehead atoms. The van der Waals surface area contributed by atoms with Crippen molar-refractivity contribution >= 4 is 23.3 Å². The van der Waals surface area contributed by atoms with E-state index in [1.807, 2.05) is 0 Å². The lowest BCUT2D eigenvalue weighted by Gasteiger charge is -2.16. The van der Waals surface area contributed by atoms with E-state index in [0.717, 1.165) is 0 Å². The van der Waals surface area contributed by atoms with Crippen LogP contribution in [0.25, 0.3) is 0 Å². The summed E-state index contributed by atoms with van der Waals surface area (Å²) in [5, 5.41) is 14.5. The molecule has 212 valence electrons. The number of benzene rings is 2. The molecule has 0 fully saturated rings. The number of nitrogens with one attached hydrogen (secondary N) is 2. The molecule has 0 spiro atoms. The number of carbonyl (C=O) groups excluding carboxylic acids is 1. The number of aliphatic hydroxyl groups is 1. The van der Waals surface area contributed by atoms with Crippen LogP contribution in [-0.4, -0.2) is 54.0 Å². The quantitative estimate of drug-likeness (QED) is 0.213. The van der Waals surface area contributed by atoms with Crippen LogP contribution in [0.2, 0.25) is 5.02 Å². The third-order valence-electron chi connectivity index (χ3n) is 5.18. The van der Waals surface area contributed by atoms with Crippen LogP contribution >= 0.6 is 11.6 Å². The van der Waals surface area contributed by atoms with E-state index in [1.165, 1.54) is 11.6 Å². The number of ether oxygens (including phenoxy) is 2. The number of halogens is 7. The lowest BCUT2D eigenvalue weighted by atomic mass is 10.1. The van der Waals surface area contributed by atoms with Gasteiger partial charge in [0, 0.05) is 18.6 Å². The standard InChI is InChI=1S/C24H23ClF6N4O4/c1-32-20-19(21(37)33-6-8-38-9-7-36)35(13-14-2-4-17(25)5-3-14)22(34-20)39-18-11-15(23(26,27)28)10-16(12-18)24(29,30)31/h2-5,10-12,32,36H,6-9,13H2,1H3,(H,33,37). The minimum absolute atomic E-state index is 0.0240. The monoisotopic (exact) mass is 580 g/mol. The van der Waals surface area contributed by atoms with Gasteiger partial charge in [0.25, 0.3) is 5.91 Å². The molecular weight excluding hydrogens is 558 g/mol. The van der Waals surface area contributed by atoms with E-state index in [1.54, 1.807) is 24.3 Å². The topological polar surface area (TPSA) is 97.6 Å². The Kier molecular flexibility index (Phi) is 9.69. The van der Waals surface area contributed by atoms with Crippen molar-refractivity contribution in [1.29, 1.82) is 0 Å². The van der Waals surface area contributed by atoms with E-state index in [4.69, 9.17) is 26.2 Å². The number of carbonyl (C=O) groups is 1. The van der Waals surface area contributed by atoms with Gasteiger partial charge >= 0.3 is 18.4 Å². The summed E-state index contributed by atoms with van der Waals surface area (Å²) >= 11 is 5.93. The third-order valence-corrected chi connectivity index (χ3v) is 5.43. The Morgan fingerprint density at radius 2 is 1.64 bits per heavy atom. The minimum Gasteiger partial charge on any atom is -0.425 e. The first kappa shape index (κ1) is 30.1. The molecule has 0 radical (unpaired) electrons. The summed E-state index contributed by atoms with van der Waals surface area (Å²) < 4.78 is 91.9. The molecule has 39 heavy (non-hydrogen) atoms. The van der Waals surface area contributed by atoms with Gasteiger partial charge in [0.05, 0.1) is 37.5 Å². The average molecular weight is 581 g/mol. The zero-order valence-electron chi connectivity index (χ0n) is 20.3. The number of aromatic nitrogens is 2. The SMILES string of the molecule is CNc1nc(Oc2cc(C(F)(F)F)cc(C(F)(F)F)c2)n(Cc2ccc(Cl)cc2)c1C(=O)NCCOCCO. The molecule has 3 aromatic rings. The van der Waals surface area contributed by atoms with Gasteiger partial charge in [-0.05, 0) is 35.9 Å². The van der Waals surface area contributed by atoms with Crippen molar-refractivity contribution < 1.29 is 45.7 Å². The number of nitrogens with zero attached hydrogens (tertiary/aromatic N) is 2. The average Bonchev–Trinajstić information content (AvgIpc) is 3.20. The van der Waals surface area contributed by atoms with Crippen molar-refractivity contribution in [2.75, 3.05) is 38.7 Å². The number of alkyl halides is 6. The zero-order valence-corrected chi connectivity index (χ0v) is 21.0. The molecule has 1 heterocycles. The van der Waals surface area contributed by atoms with Gasteiger partial charge in [-0.2, -0.15) is 31.3 Å². The molecule has 0 unspecified atom stereocenters. The maximum absolute atomic E-state index is 13.4. The number of rotatable bonds is 11. The molecule has 0 atom stereocenters. The first-order valence-electron chi connectivity index (χ1n) is 11.3. The summed E-state index contributed by atoms with van der Waals surface area (Å²) in [7, 11) is 1.42. The second-order valence-electron chi connectivity index (χ2n) is 7.99. The Bertz CT molecular complexity index is 1250. The molecule has 8 nitrogen and oxygen atoms in total. The lowest BCUT2D eigenvalue weighted by molar-refractivity contribution is -0.143. The van der Waals surface area contributed by atoms with Crippen molar-refractivity contribution in [3.8, 4) is 11.8 Å². The molecule has 15 heteroatoms. The van der Waals surface area contributed by atoms with Crippen molar-refractivity contribution in [2.24, 2.45) is 0 Å². The van der Waals surface area contributed by atoms with Crippen molar-refractivity contribution in [2.45, 2.75) is 18.9 Å². The van der Waals surface area contributed by atoms with Crippen LogP contribution < -0.4 is 15.4 Å². The third kappa shape index (κ3) is 8.00. The second kappa shape index (κ2) is 12.6. The summed E-state index contributed by atoms with van der Waals surface area (Å²) in [6.07, 6.45) is -10.2. The van der Waals surface area contributed by atoms with Gasteiger partial charge in [0.1, 0.15) is 5.75 Å². The number of anilines is 1. The first-order chi connectivity index (χ1) is 18.3. The summed E-state index contributed by atoms with van der Waals surface area (Å²) in [5.41, 5.74) is -2.67. The molecule has 0 saturated heterocycles. The molecule has 3 N–H and O–H groups in total. The summed E-state index contributed by atoms with van der Waals surface area (Å²) in [5.74, 6) is -1.51. The van der Waals surface area contributed by atoms with Gasteiger partial charge in [0.15, 0.2) is 11.5 Å². The summed E-state index contributed by atoms with van der Waals surface area (Å²) in [4.78, 5) is 17.2. The van der Waals surface area contributed by atoms with E-state index in [0.29, 0.717) is 22.7 Å². The predicted octanol–water partition coefficient (Wildman–Crippen LogP) is 5.20. The van der Waals surface area contributed by atoms with Gasteiger partial charge in [-0.25, -0.2) is 0 Å². The van der Waals surface area contributed by atoms with Crippen LogP contribution in [0, 0.1) is 0 Å². The Labute approximate surface area is 223 Å². The predicted molar refractivity (Wildman–Crippen MR) is 129 cm³/mol. The van der Waals surface area contributed by atoms with Gasteiger partial charge in [-0.1, -0.05) is 23.7 Å². The normalized spacial score (nSPS) is 11.9. The molecule has 0 aliphatic rings. The highest BCUT2D eigenvalue weighted by atomic mass is 35.5. The highest BCUT2D eigenvalue weighted by Crippen LogP contribution is 2.39. The molecular formula is C24H23ClF6N4O4. The van der Waals surface area contributed by atoms with E-state index < -0.39 is 41.1 Å². The Hall–Kier alpha value is -3.49. The molecule has 0 saturated carbocycles. The Morgan fingerprint density at radius 1 is 1.03 bits per heavy atom. The van der Waals surface area contributed by atoms with Gasteiger partial charge < -0.3 is 25.2 Å². The molecule has 0 aliphatic heterocycles.